The Morgan fingerprint density at radius 3 is 2.26 bits per heavy atom. The Morgan fingerprint density at radius 1 is 1.00 bits per heavy atom. The van der Waals surface area contributed by atoms with Crippen molar-refractivity contribution in [3.8, 4) is 5.75 Å². The van der Waals surface area contributed by atoms with Gasteiger partial charge in [0, 0.05) is 11.1 Å². The van der Waals surface area contributed by atoms with Crippen molar-refractivity contribution in [3.63, 3.8) is 0 Å². The van der Waals surface area contributed by atoms with Gasteiger partial charge in [-0.05, 0) is 37.0 Å². The van der Waals surface area contributed by atoms with Gasteiger partial charge in [-0.15, -0.1) is 0 Å². The Labute approximate surface area is 173 Å². The molecule has 0 spiro atoms. The van der Waals surface area contributed by atoms with E-state index in [9.17, 15) is 9.59 Å². The van der Waals surface area contributed by atoms with Crippen LogP contribution in [0.3, 0.4) is 0 Å². The van der Waals surface area contributed by atoms with Crippen LogP contribution in [0.15, 0.2) is 36.4 Å². The fourth-order valence-corrected chi connectivity index (χ4v) is 2.96. The van der Waals surface area contributed by atoms with E-state index in [2.05, 4.69) is 13.8 Å². The summed E-state index contributed by atoms with van der Waals surface area (Å²) < 4.78 is 10.6. The summed E-state index contributed by atoms with van der Waals surface area (Å²) in [6, 6.07) is 9.07. The highest BCUT2D eigenvalue weighted by atomic mass is 35.5. The van der Waals surface area contributed by atoms with Crippen LogP contribution < -0.4 is 4.74 Å². The van der Waals surface area contributed by atoms with Crippen LogP contribution in [0.5, 0.6) is 5.75 Å². The van der Waals surface area contributed by atoms with Crippen LogP contribution in [-0.2, 0) is 4.74 Å². The number of carbonyl (C=O) groups is 2. The number of carbonyl (C=O) groups excluding carboxylic acids is 2. The Bertz CT molecular complexity index is 834. The maximum absolute atomic E-state index is 12.6. The van der Waals surface area contributed by atoms with E-state index in [1.807, 2.05) is 0 Å². The summed E-state index contributed by atoms with van der Waals surface area (Å²) in [4.78, 5) is 24.9. The molecule has 2 aromatic carbocycles. The van der Waals surface area contributed by atoms with Gasteiger partial charge in [-0.25, -0.2) is 9.59 Å². The maximum Gasteiger partial charge on any atom is 0.344 e. The summed E-state index contributed by atoms with van der Waals surface area (Å²) in [5.74, 6) is -0.800. The van der Waals surface area contributed by atoms with Crippen molar-refractivity contribution in [1.29, 1.82) is 0 Å². The molecule has 144 valence electrons. The molecule has 0 aromatic heterocycles. The van der Waals surface area contributed by atoms with Gasteiger partial charge in [0.15, 0.2) is 5.75 Å². The van der Waals surface area contributed by atoms with Gasteiger partial charge in [-0.1, -0.05) is 60.8 Å². The molecule has 0 unspecified atom stereocenters. The average molecular weight is 430 g/mol. The van der Waals surface area contributed by atoms with Crippen molar-refractivity contribution in [2.45, 2.75) is 26.7 Å². The molecule has 0 heterocycles. The number of hydrogen-bond donors (Lipinski definition) is 0. The molecule has 0 saturated carbocycles. The molecule has 27 heavy (non-hydrogen) atoms. The lowest BCUT2D eigenvalue weighted by Crippen LogP contribution is -2.16. The molecule has 4 nitrogen and oxygen atoms in total. The van der Waals surface area contributed by atoms with Gasteiger partial charge in [0.25, 0.3) is 0 Å². The number of hydrogen-bond acceptors (Lipinski definition) is 4. The second kappa shape index (κ2) is 9.98. The average Bonchev–Trinajstić information content (AvgIpc) is 2.62. The number of ether oxygens (including phenoxy) is 2. The van der Waals surface area contributed by atoms with Gasteiger partial charge in [-0.2, -0.15) is 0 Å². The molecule has 0 radical (unpaired) electrons. The van der Waals surface area contributed by atoms with Crippen LogP contribution in [-0.4, -0.2) is 18.5 Å². The van der Waals surface area contributed by atoms with E-state index >= 15 is 0 Å². The molecule has 7 heteroatoms. The number of halogens is 3. The van der Waals surface area contributed by atoms with Gasteiger partial charge in [0.1, 0.15) is 5.02 Å². The molecule has 0 amide bonds. The molecule has 0 aliphatic rings. The SMILES string of the molecule is CC(C)CCCOC(=O)c1ccccc1C(=O)Oc1cc(Cl)cc(Cl)c1Cl. The highest BCUT2D eigenvalue weighted by Crippen LogP contribution is 2.35. The lowest BCUT2D eigenvalue weighted by Gasteiger charge is -2.11. The predicted octanol–water partition coefficient (Wildman–Crippen LogP) is 6.46. The Morgan fingerprint density at radius 2 is 1.63 bits per heavy atom. The highest BCUT2D eigenvalue weighted by molar-refractivity contribution is 6.44. The van der Waals surface area contributed by atoms with Crippen LogP contribution in [0.1, 0.15) is 47.4 Å². The minimum atomic E-state index is -0.759. The van der Waals surface area contributed by atoms with E-state index in [0.717, 1.165) is 12.8 Å². The minimum absolute atomic E-state index is 0.0132. The number of esters is 2. The quantitative estimate of drug-likeness (QED) is 0.219. The van der Waals surface area contributed by atoms with Gasteiger partial charge in [0.05, 0.1) is 22.8 Å². The first-order valence-electron chi connectivity index (χ1n) is 8.42. The molecular weight excluding hydrogens is 411 g/mol. The minimum Gasteiger partial charge on any atom is -0.462 e. The third-order valence-electron chi connectivity index (χ3n) is 3.69. The third kappa shape index (κ3) is 6.13. The predicted molar refractivity (Wildman–Crippen MR) is 107 cm³/mol. The molecule has 0 bridgehead atoms. The fraction of sp³-hybridized carbons (Fsp3) is 0.300. The lowest BCUT2D eigenvalue weighted by atomic mass is 10.1. The standard InChI is InChI=1S/C20H19Cl3O4/c1-12(2)6-5-9-26-19(24)14-7-3-4-8-15(14)20(25)27-17-11-13(21)10-16(22)18(17)23/h3-4,7-8,10-12H,5-6,9H2,1-2H3. The first kappa shape index (κ1) is 21.5. The van der Waals surface area contributed by atoms with Crippen molar-refractivity contribution < 1.29 is 19.1 Å². The second-order valence-corrected chi connectivity index (χ2v) is 7.53. The molecule has 0 N–H and O–H groups in total. The molecule has 2 rings (SSSR count). The summed E-state index contributed by atoms with van der Waals surface area (Å²) in [6.07, 6.45) is 1.71. The third-order valence-corrected chi connectivity index (χ3v) is 4.69. The van der Waals surface area contributed by atoms with Gasteiger partial charge < -0.3 is 9.47 Å². The van der Waals surface area contributed by atoms with Crippen molar-refractivity contribution in [2.75, 3.05) is 6.61 Å². The van der Waals surface area contributed by atoms with E-state index in [1.165, 1.54) is 24.3 Å². The first-order chi connectivity index (χ1) is 12.8. The van der Waals surface area contributed by atoms with Crippen molar-refractivity contribution in [3.05, 3.63) is 62.6 Å². The Hall–Kier alpha value is -1.75. The maximum atomic E-state index is 12.6. The van der Waals surface area contributed by atoms with Crippen LogP contribution in [0.2, 0.25) is 15.1 Å². The molecular formula is C20H19Cl3O4. The molecule has 0 fully saturated rings. The molecule has 0 aliphatic heterocycles. The van der Waals surface area contributed by atoms with Gasteiger partial charge in [-0.3, -0.25) is 0 Å². The molecule has 2 aromatic rings. The first-order valence-corrected chi connectivity index (χ1v) is 9.56. The van der Waals surface area contributed by atoms with E-state index in [-0.39, 0.29) is 38.6 Å². The summed E-state index contributed by atoms with van der Waals surface area (Å²) >= 11 is 17.9. The van der Waals surface area contributed by atoms with Gasteiger partial charge >= 0.3 is 11.9 Å². The smallest absolute Gasteiger partial charge is 0.344 e. The summed E-state index contributed by atoms with van der Waals surface area (Å²) in [7, 11) is 0. The van der Waals surface area contributed by atoms with E-state index in [4.69, 9.17) is 44.3 Å². The molecule has 0 atom stereocenters. The normalized spacial score (nSPS) is 10.7. The lowest BCUT2D eigenvalue weighted by molar-refractivity contribution is 0.0486. The number of benzene rings is 2. The zero-order valence-electron chi connectivity index (χ0n) is 14.9. The van der Waals surface area contributed by atoms with Crippen LogP contribution >= 0.6 is 34.8 Å². The van der Waals surface area contributed by atoms with Gasteiger partial charge in [0.2, 0.25) is 0 Å². The largest absolute Gasteiger partial charge is 0.462 e. The number of rotatable bonds is 7. The highest BCUT2D eigenvalue weighted by Gasteiger charge is 2.21. The Kier molecular flexibility index (Phi) is 7.96. The van der Waals surface area contributed by atoms with Crippen molar-refractivity contribution in [1.82, 2.24) is 0 Å². The zero-order valence-corrected chi connectivity index (χ0v) is 17.2. The summed E-state index contributed by atoms with van der Waals surface area (Å²) in [5, 5.41) is 0.484. The summed E-state index contributed by atoms with van der Waals surface area (Å²) in [5.41, 5.74) is 0.190. The monoisotopic (exact) mass is 428 g/mol. The summed E-state index contributed by atoms with van der Waals surface area (Å²) in [6.45, 7) is 4.48. The fourth-order valence-electron chi connectivity index (χ4n) is 2.33. The second-order valence-electron chi connectivity index (χ2n) is 6.31. The van der Waals surface area contributed by atoms with Crippen molar-refractivity contribution in [2.24, 2.45) is 5.92 Å². The van der Waals surface area contributed by atoms with Crippen molar-refractivity contribution >= 4 is 46.7 Å². The van der Waals surface area contributed by atoms with Crippen LogP contribution in [0.25, 0.3) is 0 Å². The van der Waals surface area contributed by atoms with Crippen LogP contribution in [0, 0.1) is 5.92 Å². The van der Waals surface area contributed by atoms with E-state index in [1.54, 1.807) is 12.1 Å². The van der Waals surface area contributed by atoms with E-state index < -0.39 is 11.9 Å². The molecule has 0 aliphatic carbocycles. The Balaban J connectivity index is 2.15. The molecule has 0 saturated heterocycles. The zero-order chi connectivity index (χ0) is 20.0. The van der Waals surface area contributed by atoms with E-state index in [0.29, 0.717) is 5.92 Å². The topological polar surface area (TPSA) is 52.6 Å². The van der Waals surface area contributed by atoms with Crippen LogP contribution in [0.4, 0.5) is 0 Å².